The molecule has 4 heteroatoms. The van der Waals surface area contributed by atoms with Crippen LogP contribution >= 0.6 is 0 Å². The maximum absolute atomic E-state index is 11.5. The van der Waals surface area contributed by atoms with E-state index < -0.39 is 0 Å². The number of carbonyl (C=O) groups excluding carboxylic acids is 1. The lowest BCUT2D eigenvalue weighted by atomic mass is 10.00. The summed E-state index contributed by atoms with van der Waals surface area (Å²) in [4.78, 5) is 16.5. The van der Waals surface area contributed by atoms with E-state index in [-0.39, 0.29) is 5.91 Å². The van der Waals surface area contributed by atoms with E-state index in [4.69, 9.17) is 0 Å². The lowest BCUT2D eigenvalue weighted by Gasteiger charge is -2.36. The molecule has 0 aliphatic carbocycles. The van der Waals surface area contributed by atoms with Crippen molar-refractivity contribution in [3.8, 4) is 0 Å². The van der Waals surface area contributed by atoms with E-state index in [0.717, 1.165) is 51.3 Å². The van der Waals surface area contributed by atoms with Gasteiger partial charge < -0.3 is 10.2 Å². The van der Waals surface area contributed by atoms with Gasteiger partial charge in [0.05, 0.1) is 0 Å². The van der Waals surface area contributed by atoms with Gasteiger partial charge in [0.1, 0.15) is 0 Å². The molecule has 28 heavy (non-hydrogen) atoms. The summed E-state index contributed by atoms with van der Waals surface area (Å²) < 4.78 is 0. The van der Waals surface area contributed by atoms with Crippen LogP contribution in [-0.2, 0) is 11.2 Å². The minimum absolute atomic E-state index is 0.123. The van der Waals surface area contributed by atoms with Crippen LogP contribution in [0.3, 0.4) is 0 Å². The maximum Gasteiger partial charge on any atom is 0.224 e. The van der Waals surface area contributed by atoms with Gasteiger partial charge in [0.15, 0.2) is 0 Å². The number of piperazine rings is 1. The molecule has 0 bridgehead atoms. The summed E-state index contributed by atoms with van der Waals surface area (Å²) in [6, 6.07) is 15.2. The van der Waals surface area contributed by atoms with Crippen molar-refractivity contribution in [2.75, 3.05) is 42.9 Å². The topological polar surface area (TPSA) is 35.6 Å². The first kappa shape index (κ1) is 18.8. The molecule has 0 saturated carbocycles. The molecule has 0 aromatic heterocycles. The Morgan fingerprint density at radius 3 is 2.57 bits per heavy atom. The van der Waals surface area contributed by atoms with E-state index in [0.29, 0.717) is 6.42 Å². The molecule has 146 valence electrons. The Morgan fingerprint density at radius 2 is 1.79 bits per heavy atom. The van der Waals surface area contributed by atoms with Crippen molar-refractivity contribution < 1.29 is 4.79 Å². The number of nitrogens with one attached hydrogen (secondary N) is 1. The van der Waals surface area contributed by atoms with Crippen LogP contribution in [0.5, 0.6) is 0 Å². The lowest BCUT2D eigenvalue weighted by Crippen LogP contribution is -2.46. The third-order valence-electron chi connectivity index (χ3n) is 5.72. The van der Waals surface area contributed by atoms with Crippen LogP contribution < -0.4 is 10.2 Å². The van der Waals surface area contributed by atoms with E-state index in [2.05, 4.69) is 70.6 Å². The van der Waals surface area contributed by atoms with Crippen molar-refractivity contribution in [3.05, 3.63) is 65.2 Å². The molecule has 4 rings (SSSR count). The van der Waals surface area contributed by atoms with Gasteiger partial charge in [-0.05, 0) is 55.2 Å². The van der Waals surface area contributed by atoms with Gasteiger partial charge in [0.2, 0.25) is 5.91 Å². The highest BCUT2D eigenvalue weighted by Crippen LogP contribution is 2.24. The minimum atomic E-state index is 0.123. The zero-order chi connectivity index (χ0) is 19.3. The molecular weight excluding hydrogens is 346 g/mol. The predicted molar refractivity (Wildman–Crippen MR) is 117 cm³/mol. The van der Waals surface area contributed by atoms with Gasteiger partial charge in [0, 0.05) is 50.5 Å². The minimum Gasteiger partial charge on any atom is -0.369 e. The molecule has 2 heterocycles. The third kappa shape index (κ3) is 4.63. The quantitative estimate of drug-likeness (QED) is 0.854. The second-order valence-electron chi connectivity index (χ2n) is 7.82. The van der Waals surface area contributed by atoms with E-state index in [9.17, 15) is 4.79 Å². The Balaban J connectivity index is 1.23. The smallest absolute Gasteiger partial charge is 0.224 e. The zero-order valence-corrected chi connectivity index (χ0v) is 16.7. The Hall–Kier alpha value is -2.59. The van der Waals surface area contributed by atoms with Gasteiger partial charge >= 0.3 is 0 Å². The monoisotopic (exact) mass is 375 g/mol. The van der Waals surface area contributed by atoms with Crippen LogP contribution in [0.4, 0.5) is 11.4 Å². The number of fused-ring (bicyclic) bond motifs is 1. The second kappa shape index (κ2) is 8.61. The van der Waals surface area contributed by atoms with E-state index in [1.165, 1.54) is 22.4 Å². The Bertz CT molecular complexity index is 849. The summed E-state index contributed by atoms with van der Waals surface area (Å²) in [6.07, 6.45) is 6.98. The summed E-state index contributed by atoms with van der Waals surface area (Å²) in [6.45, 7) is 7.70. The molecule has 1 amide bonds. The van der Waals surface area contributed by atoms with Crippen LogP contribution in [0, 0.1) is 6.92 Å². The van der Waals surface area contributed by atoms with Gasteiger partial charge in [-0.3, -0.25) is 9.69 Å². The summed E-state index contributed by atoms with van der Waals surface area (Å²) in [5.41, 5.74) is 6.10. The first-order chi connectivity index (χ1) is 13.7. The van der Waals surface area contributed by atoms with Crippen LogP contribution in [0.2, 0.25) is 0 Å². The summed E-state index contributed by atoms with van der Waals surface area (Å²) in [5, 5.41) is 2.94. The SMILES string of the molecule is Cc1ccc(N2CCN(CC/C=C/c3ccc4c(c3)CCC(=O)N4)CC2)cc1. The molecule has 0 atom stereocenters. The number of hydrogen-bond donors (Lipinski definition) is 1. The number of anilines is 2. The summed E-state index contributed by atoms with van der Waals surface area (Å²) in [5.74, 6) is 0.123. The molecule has 0 spiro atoms. The molecule has 1 saturated heterocycles. The molecule has 1 fully saturated rings. The number of benzene rings is 2. The summed E-state index contributed by atoms with van der Waals surface area (Å²) >= 11 is 0. The summed E-state index contributed by atoms with van der Waals surface area (Å²) in [7, 11) is 0. The maximum atomic E-state index is 11.5. The van der Waals surface area contributed by atoms with Crippen molar-refractivity contribution in [3.63, 3.8) is 0 Å². The van der Waals surface area contributed by atoms with Gasteiger partial charge in [0.25, 0.3) is 0 Å². The van der Waals surface area contributed by atoms with E-state index in [1.807, 2.05) is 6.07 Å². The molecule has 2 aromatic rings. The number of hydrogen-bond acceptors (Lipinski definition) is 3. The fourth-order valence-electron chi connectivity index (χ4n) is 3.97. The standard InChI is InChI=1S/C24H29N3O/c1-19-5-9-22(10-6-19)27-16-14-26(15-17-27)13-3-2-4-20-7-11-23-21(18-20)8-12-24(28)25-23/h2,4-7,9-11,18H,3,8,12-17H2,1H3,(H,25,28)/b4-2+. The van der Waals surface area contributed by atoms with Crippen LogP contribution in [0.15, 0.2) is 48.5 Å². The molecule has 2 aliphatic rings. The Labute approximate surface area is 167 Å². The highest BCUT2D eigenvalue weighted by atomic mass is 16.1. The Kier molecular flexibility index (Phi) is 5.77. The van der Waals surface area contributed by atoms with Gasteiger partial charge in [-0.1, -0.05) is 35.9 Å². The fraction of sp³-hybridized carbons (Fsp3) is 0.375. The second-order valence-corrected chi connectivity index (χ2v) is 7.82. The van der Waals surface area contributed by atoms with Gasteiger partial charge in [-0.15, -0.1) is 0 Å². The molecule has 2 aromatic carbocycles. The van der Waals surface area contributed by atoms with Crippen molar-refractivity contribution in [1.29, 1.82) is 0 Å². The molecule has 4 nitrogen and oxygen atoms in total. The zero-order valence-electron chi connectivity index (χ0n) is 16.7. The number of amides is 1. The molecule has 1 N–H and O–H groups in total. The van der Waals surface area contributed by atoms with Crippen molar-refractivity contribution in [2.24, 2.45) is 0 Å². The van der Waals surface area contributed by atoms with E-state index in [1.54, 1.807) is 0 Å². The van der Waals surface area contributed by atoms with Gasteiger partial charge in [-0.25, -0.2) is 0 Å². The third-order valence-corrected chi connectivity index (χ3v) is 5.72. The first-order valence-corrected chi connectivity index (χ1v) is 10.3. The first-order valence-electron chi connectivity index (χ1n) is 10.3. The number of rotatable bonds is 5. The van der Waals surface area contributed by atoms with Crippen molar-refractivity contribution in [1.82, 2.24) is 4.90 Å². The van der Waals surface area contributed by atoms with Crippen molar-refractivity contribution in [2.45, 2.75) is 26.2 Å². The average Bonchev–Trinajstić information content (AvgIpc) is 2.72. The molecule has 0 unspecified atom stereocenters. The van der Waals surface area contributed by atoms with E-state index >= 15 is 0 Å². The lowest BCUT2D eigenvalue weighted by molar-refractivity contribution is -0.116. The largest absolute Gasteiger partial charge is 0.369 e. The molecule has 2 aliphatic heterocycles. The van der Waals surface area contributed by atoms with Crippen LogP contribution in [0.25, 0.3) is 6.08 Å². The number of carbonyl (C=O) groups is 1. The fourth-order valence-corrected chi connectivity index (χ4v) is 3.97. The highest BCUT2D eigenvalue weighted by molar-refractivity contribution is 5.94. The number of nitrogens with zero attached hydrogens (tertiary/aromatic N) is 2. The predicted octanol–water partition coefficient (Wildman–Crippen LogP) is 4.11. The average molecular weight is 376 g/mol. The van der Waals surface area contributed by atoms with Crippen LogP contribution in [0.1, 0.15) is 29.5 Å². The molecule has 0 radical (unpaired) electrons. The van der Waals surface area contributed by atoms with Gasteiger partial charge in [-0.2, -0.15) is 0 Å². The molecular formula is C24H29N3O. The Morgan fingerprint density at radius 1 is 1.00 bits per heavy atom. The normalized spacial score (nSPS) is 17.6. The van der Waals surface area contributed by atoms with Crippen LogP contribution in [-0.4, -0.2) is 43.5 Å². The van der Waals surface area contributed by atoms with Crippen molar-refractivity contribution >= 4 is 23.4 Å². The highest BCUT2D eigenvalue weighted by Gasteiger charge is 2.16. The number of aryl methyl sites for hydroxylation is 2.